The van der Waals surface area contributed by atoms with Crippen molar-refractivity contribution in [2.45, 2.75) is 25.8 Å². The van der Waals surface area contributed by atoms with Gasteiger partial charge in [0.15, 0.2) is 0 Å². The van der Waals surface area contributed by atoms with Gasteiger partial charge in [-0.15, -0.1) is 0 Å². The number of hydrogen-bond donors (Lipinski definition) is 2. The first-order chi connectivity index (χ1) is 14.2. The number of sulfonamides is 1. The first-order valence-corrected chi connectivity index (χ1v) is 11.6. The third-order valence-corrected chi connectivity index (χ3v) is 5.38. The van der Waals surface area contributed by atoms with Gasteiger partial charge in [0.1, 0.15) is 0 Å². The molecular weight excluding hydrogens is 402 g/mol. The number of para-hydroxylation sites is 1. The Bertz CT molecular complexity index is 1060. The molecule has 0 unspecified atom stereocenters. The van der Waals surface area contributed by atoms with Crippen LogP contribution in [0.25, 0.3) is 6.08 Å². The number of anilines is 2. The second-order valence-corrected chi connectivity index (χ2v) is 9.01. The van der Waals surface area contributed by atoms with Crippen molar-refractivity contribution in [3.8, 4) is 0 Å². The second kappa shape index (κ2) is 9.13. The summed E-state index contributed by atoms with van der Waals surface area (Å²) in [6.07, 6.45) is 5.67. The summed E-state index contributed by atoms with van der Waals surface area (Å²) in [5, 5.41) is 2.84. The molecule has 1 aliphatic rings. The molecule has 1 fully saturated rings. The minimum atomic E-state index is -3.42. The molecule has 7 nitrogen and oxygen atoms in total. The highest BCUT2D eigenvalue weighted by Gasteiger charge is 2.21. The highest BCUT2D eigenvalue weighted by molar-refractivity contribution is 7.92. The number of nitrogens with one attached hydrogen (secondary N) is 2. The molecule has 30 heavy (non-hydrogen) atoms. The van der Waals surface area contributed by atoms with E-state index in [4.69, 9.17) is 0 Å². The first kappa shape index (κ1) is 21.6. The lowest BCUT2D eigenvalue weighted by Gasteiger charge is -2.17. The molecule has 0 aromatic heterocycles. The number of hydrogen-bond acceptors (Lipinski definition) is 4. The van der Waals surface area contributed by atoms with Crippen molar-refractivity contribution in [1.29, 1.82) is 0 Å². The SMILES string of the molecule is C[C@H](NC(=O)/C=C\c1ccc(N2CCCC2=O)cc1)c1ccccc1NS(C)(=O)=O. The summed E-state index contributed by atoms with van der Waals surface area (Å²) in [7, 11) is -3.42. The number of amides is 2. The smallest absolute Gasteiger partial charge is 0.244 e. The van der Waals surface area contributed by atoms with Crippen LogP contribution >= 0.6 is 0 Å². The quantitative estimate of drug-likeness (QED) is 0.664. The van der Waals surface area contributed by atoms with Crippen molar-refractivity contribution in [2.24, 2.45) is 0 Å². The average Bonchev–Trinajstić information content (AvgIpc) is 3.12. The molecule has 0 aliphatic carbocycles. The summed E-state index contributed by atoms with van der Waals surface area (Å²) in [6, 6.07) is 14.0. The van der Waals surface area contributed by atoms with E-state index >= 15 is 0 Å². The number of rotatable bonds is 7. The summed E-state index contributed by atoms with van der Waals surface area (Å²) >= 11 is 0. The Balaban J connectivity index is 1.63. The van der Waals surface area contributed by atoms with Gasteiger partial charge in [-0.05, 0) is 48.7 Å². The maximum atomic E-state index is 12.3. The molecule has 2 amide bonds. The fraction of sp³-hybridized carbons (Fsp3) is 0.273. The van der Waals surface area contributed by atoms with Gasteiger partial charge in [0.25, 0.3) is 0 Å². The Hall–Kier alpha value is -3.13. The van der Waals surface area contributed by atoms with Crippen LogP contribution in [0.5, 0.6) is 0 Å². The molecule has 1 saturated heterocycles. The summed E-state index contributed by atoms with van der Waals surface area (Å²) in [5.41, 5.74) is 2.81. The molecule has 2 aromatic rings. The molecule has 3 rings (SSSR count). The van der Waals surface area contributed by atoms with Crippen molar-refractivity contribution >= 4 is 39.3 Å². The molecule has 0 bridgehead atoms. The predicted octanol–water partition coefficient (Wildman–Crippen LogP) is 3.08. The molecule has 8 heteroatoms. The zero-order chi connectivity index (χ0) is 21.7. The van der Waals surface area contributed by atoms with Gasteiger partial charge in [-0.1, -0.05) is 30.3 Å². The van der Waals surface area contributed by atoms with Gasteiger partial charge in [-0.3, -0.25) is 14.3 Å². The lowest BCUT2D eigenvalue weighted by molar-refractivity contribution is -0.117. The van der Waals surface area contributed by atoms with Crippen LogP contribution in [0.1, 0.15) is 36.9 Å². The average molecular weight is 428 g/mol. The third-order valence-electron chi connectivity index (χ3n) is 4.79. The maximum absolute atomic E-state index is 12.3. The zero-order valence-corrected chi connectivity index (χ0v) is 17.8. The predicted molar refractivity (Wildman–Crippen MR) is 119 cm³/mol. The van der Waals surface area contributed by atoms with Gasteiger partial charge < -0.3 is 10.2 Å². The highest BCUT2D eigenvalue weighted by Crippen LogP contribution is 2.24. The molecule has 2 N–H and O–H groups in total. The summed E-state index contributed by atoms with van der Waals surface area (Å²) in [5.74, 6) is -0.159. The van der Waals surface area contributed by atoms with Gasteiger partial charge in [0.05, 0.1) is 18.0 Å². The van der Waals surface area contributed by atoms with Crippen molar-refractivity contribution < 1.29 is 18.0 Å². The van der Waals surface area contributed by atoms with Crippen LogP contribution in [0.15, 0.2) is 54.6 Å². The van der Waals surface area contributed by atoms with Crippen LogP contribution in [0, 0.1) is 0 Å². The molecule has 0 radical (unpaired) electrons. The van der Waals surface area contributed by atoms with Gasteiger partial charge in [-0.2, -0.15) is 0 Å². The van der Waals surface area contributed by atoms with Crippen molar-refractivity contribution in [2.75, 3.05) is 22.4 Å². The van der Waals surface area contributed by atoms with E-state index in [9.17, 15) is 18.0 Å². The lowest BCUT2D eigenvalue weighted by atomic mass is 10.1. The number of carbonyl (C=O) groups excluding carboxylic acids is 2. The largest absolute Gasteiger partial charge is 0.346 e. The molecular formula is C22H25N3O4S. The minimum Gasteiger partial charge on any atom is -0.346 e. The van der Waals surface area contributed by atoms with E-state index in [-0.39, 0.29) is 11.8 Å². The Morgan fingerprint density at radius 1 is 1.13 bits per heavy atom. The lowest BCUT2D eigenvalue weighted by Crippen LogP contribution is -2.25. The van der Waals surface area contributed by atoms with E-state index in [0.717, 1.165) is 30.5 Å². The number of carbonyl (C=O) groups is 2. The van der Waals surface area contributed by atoms with Crippen LogP contribution in [0.4, 0.5) is 11.4 Å². The topological polar surface area (TPSA) is 95.6 Å². The first-order valence-electron chi connectivity index (χ1n) is 9.69. The van der Waals surface area contributed by atoms with Crippen LogP contribution in [0.3, 0.4) is 0 Å². The molecule has 1 heterocycles. The van der Waals surface area contributed by atoms with Crippen molar-refractivity contribution in [3.05, 3.63) is 65.7 Å². The van der Waals surface area contributed by atoms with E-state index < -0.39 is 16.1 Å². The fourth-order valence-corrected chi connectivity index (χ4v) is 3.95. The summed E-state index contributed by atoms with van der Waals surface area (Å²) < 4.78 is 25.6. The molecule has 1 aliphatic heterocycles. The highest BCUT2D eigenvalue weighted by atomic mass is 32.2. The van der Waals surface area contributed by atoms with E-state index in [1.807, 2.05) is 24.3 Å². The van der Waals surface area contributed by atoms with E-state index in [1.165, 1.54) is 6.08 Å². The molecule has 158 valence electrons. The van der Waals surface area contributed by atoms with E-state index in [2.05, 4.69) is 10.0 Å². The molecule has 0 spiro atoms. The molecule has 1 atom stereocenters. The standard InChI is InChI=1S/C22H25N3O4S/c1-16(19-6-3-4-7-20(19)24-30(2,28)29)23-21(26)14-11-17-9-12-18(13-10-17)25-15-5-8-22(25)27/h3-4,6-7,9-14,16,24H,5,8,15H2,1-2H3,(H,23,26)/b14-11-/t16-/m0/s1. The van der Waals surface area contributed by atoms with Crippen LogP contribution in [-0.2, 0) is 19.6 Å². The normalized spacial score (nSPS) is 15.4. The zero-order valence-electron chi connectivity index (χ0n) is 17.0. The number of benzene rings is 2. The Morgan fingerprint density at radius 3 is 2.47 bits per heavy atom. The Labute approximate surface area is 176 Å². The Kier molecular flexibility index (Phi) is 6.56. The van der Waals surface area contributed by atoms with Crippen molar-refractivity contribution in [1.82, 2.24) is 5.32 Å². The van der Waals surface area contributed by atoms with Crippen LogP contribution in [0.2, 0.25) is 0 Å². The third kappa shape index (κ3) is 5.70. The minimum absolute atomic E-state index is 0.136. The summed E-state index contributed by atoms with van der Waals surface area (Å²) in [4.78, 5) is 25.9. The fourth-order valence-electron chi connectivity index (χ4n) is 3.36. The monoisotopic (exact) mass is 427 g/mol. The van der Waals surface area contributed by atoms with Gasteiger partial charge >= 0.3 is 0 Å². The van der Waals surface area contributed by atoms with Gasteiger partial charge in [-0.25, -0.2) is 8.42 Å². The van der Waals surface area contributed by atoms with Crippen LogP contribution < -0.4 is 14.9 Å². The second-order valence-electron chi connectivity index (χ2n) is 7.27. The van der Waals surface area contributed by atoms with Crippen LogP contribution in [-0.4, -0.2) is 33.0 Å². The van der Waals surface area contributed by atoms with Gasteiger partial charge in [0, 0.05) is 24.7 Å². The Morgan fingerprint density at radius 2 is 1.83 bits per heavy atom. The summed E-state index contributed by atoms with van der Waals surface area (Å²) in [6.45, 7) is 2.53. The molecule has 2 aromatic carbocycles. The van der Waals surface area contributed by atoms with Gasteiger partial charge in [0.2, 0.25) is 21.8 Å². The molecule has 0 saturated carbocycles. The van der Waals surface area contributed by atoms with E-state index in [0.29, 0.717) is 17.7 Å². The maximum Gasteiger partial charge on any atom is 0.244 e. The van der Waals surface area contributed by atoms with E-state index in [1.54, 1.807) is 42.2 Å². The van der Waals surface area contributed by atoms with Crippen molar-refractivity contribution in [3.63, 3.8) is 0 Å². The number of nitrogens with zero attached hydrogens (tertiary/aromatic N) is 1.